The van der Waals surface area contributed by atoms with Crippen molar-refractivity contribution in [1.29, 1.82) is 0 Å². The highest BCUT2D eigenvalue weighted by atomic mass is 16.5. The van der Waals surface area contributed by atoms with Gasteiger partial charge in [-0.1, -0.05) is 0 Å². The summed E-state index contributed by atoms with van der Waals surface area (Å²) < 4.78 is 7.30. The Labute approximate surface area is 89.8 Å². The second-order valence-electron chi connectivity index (χ2n) is 4.10. The molecule has 1 radical (unpaired) electrons. The second kappa shape index (κ2) is 5.25. The molecule has 1 aromatic heterocycles. The second-order valence-corrected chi connectivity index (χ2v) is 4.10. The summed E-state index contributed by atoms with van der Waals surface area (Å²) in [4.78, 5) is 0. The van der Waals surface area contributed by atoms with E-state index in [2.05, 4.69) is 11.3 Å². The minimum absolute atomic E-state index is 0.214. The van der Waals surface area contributed by atoms with Gasteiger partial charge in [-0.2, -0.15) is 5.10 Å². The standard InChI is InChI=1S/C10H18N3O2/c1-10(2,15-7-9(14)6-11)8-13-5-3-4-12-13/h3,5,9,14H,6-8,11H2,1-2H3/t9-/m1/s1. The maximum Gasteiger partial charge on any atom is 0.113 e. The molecular formula is C10H18N3O2. The normalized spacial score (nSPS) is 14.1. The molecule has 3 N–H and O–H groups in total. The minimum Gasteiger partial charge on any atom is -0.389 e. The number of aromatic nitrogens is 2. The fourth-order valence-corrected chi connectivity index (χ4v) is 1.17. The first kappa shape index (κ1) is 12.2. The van der Waals surface area contributed by atoms with Crippen LogP contribution in [0.15, 0.2) is 12.3 Å². The number of rotatable bonds is 6. The maximum atomic E-state index is 9.27. The zero-order chi connectivity index (χ0) is 11.3. The molecule has 0 aliphatic rings. The SMILES string of the molecule is CC(C)(Cn1cc[c]n1)OC[C@H](O)CN. The van der Waals surface area contributed by atoms with Crippen LogP contribution in [0.5, 0.6) is 0 Å². The summed E-state index contributed by atoms with van der Waals surface area (Å²) in [5.74, 6) is 0. The smallest absolute Gasteiger partial charge is 0.113 e. The topological polar surface area (TPSA) is 73.3 Å². The third-order valence-electron chi connectivity index (χ3n) is 1.99. The molecule has 1 atom stereocenters. The van der Waals surface area contributed by atoms with E-state index in [0.29, 0.717) is 6.54 Å². The number of ether oxygens (including phenoxy) is 1. The molecule has 0 aliphatic carbocycles. The van der Waals surface area contributed by atoms with E-state index < -0.39 is 6.10 Å². The molecule has 0 spiro atoms. The Balaban J connectivity index is 2.38. The summed E-state index contributed by atoms with van der Waals surface area (Å²) in [6.07, 6.45) is 3.94. The molecule has 0 bridgehead atoms. The maximum absolute atomic E-state index is 9.27. The summed E-state index contributed by atoms with van der Waals surface area (Å²) in [6.45, 7) is 4.96. The molecule has 0 amide bonds. The van der Waals surface area contributed by atoms with E-state index in [0.717, 1.165) is 0 Å². The highest BCUT2D eigenvalue weighted by Gasteiger charge is 2.20. The van der Waals surface area contributed by atoms with Crippen LogP contribution in [0, 0.1) is 6.20 Å². The first-order valence-electron chi connectivity index (χ1n) is 4.95. The molecule has 0 fully saturated rings. The molecule has 1 aromatic rings. The largest absolute Gasteiger partial charge is 0.389 e. The van der Waals surface area contributed by atoms with Gasteiger partial charge in [0.1, 0.15) is 6.20 Å². The van der Waals surface area contributed by atoms with E-state index in [1.807, 2.05) is 20.0 Å². The third kappa shape index (κ3) is 4.42. The van der Waals surface area contributed by atoms with Crippen molar-refractivity contribution in [2.75, 3.05) is 13.2 Å². The van der Waals surface area contributed by atoms with Gasteiger partial charge >= 0.3 is 0 Å². The number of nitrogens with two attached hydrogens (primary N) is 1. The lowest BCUT2D eigenvalue weighted by Crippen LogP contribution is -2.36. The van der Waals surface area contributed by atoms with Crippen molar-refractivity contribution < 1.29 is 9.84 Å². The van der Waals surface area contributed by atoms with Crippen molar-refractivity contribution in [2.45, 2.75) is 32.1 Å². The molecule has 0 aromatic carbocycles. The average molecular weight is 212 g/mol. The number of nitrogens with zero attached hydrogens (tertiary/aromatic N) is 2. The molecule has 0 saturated carbocycles. The summed E-state index contributed by atoms with van der Waals surface area (Å²) >= 11 is 0. The molecule has 5 nitrogen and oxygen atoms in total. The van der Waals surface area contributed by atoms with Crippen molar-refractivity contribution in [1.82, 2.24) is 9.78 Å². The lowest BCUT2D eigenvalue weighted by atomic mass is 10.1. The van der Waals surface area contributed by atoms with Crippen molar-refractivity contribution in [2.24, 2.45) is 5.73 Å². The molecule has 0 unspecified atom stereocenters. The quantitative estimate of drug-likeness (QED) is 0.685. The lowest BCUT2D eigenvalue weighted by Gasteiger charge is -2.26. The van der Waals surface area contributed by atoms with Gasteiger partial charge in [-0.15, -0.1) is 0 Å². The fourth-order valence-electron chi connectivity index (χ4n) is 1.17. The van der Waals surface area contributed by atoms with Crippen LogP contribution in [-0.2, 0) is 11.3 Å². The van der Waals surface area contributed by atoms with Crippen molar-refractivity contribution in [3.63, 3.8) is 0 Å². The summed E-state index contributed by atoms with van der Waals surface area (Å²) in [7, 11) is 0. The fraction of sp³-hybridized carbons (Fsp3) is 0.700. The van der Waals surface area contributed by atoms with Crippen molar-refractivity contribution >= 4 is 0 Å². The Hall–Kier alpha value is -0.910. The van der Waals surface area contributed by atoms with E-state index >= 15 is 0 Å². The molecule has 5 heteroatoms. The van der Waals surface area contributed by atoms with Crippen LogP contribution in [0.2, 0.25) is 0 Å². The van der Waals surface area contributed by atoms with E-state index in [-0.39, 0.29) is 18.8 Å². The van der Waals surface area contributed by atoms with Crippen LogP contribution in [0.1, 0.15) is 13.8 Å². The van der Waals surface area contributed by atoms with Gasteiger partial charge in [0.05, 0.1) is 24.9 Å². The van der Waals surface area contributed by atoms with Gasteiger partial charge in [-0.25, -0.2) is 0 Å². The molecule has 1 rings (SSSR count). The van der Waals surface area contributed by atoms with E-state index in [9.17, 15) is 5.11 Å². The van der Waals surface area contributed by atoms with Crippen LogP contribution in [-0.4, -0.2) is 39.7 Å². The highest BCUT2D eigenvalue weighted by molar-refractivity contribution is 4.79. The minimum atomic E-state index is -0.603. The van der Waals surface area contributed by atoms with Gasteiger partial charge in [-0.3, -0.25) is 4.68 Å². The van der Waals surface area contributed by atoms with Crippen LogP contribution in [0.3, 0.4) is 0 Å². The van der Waals surface area contributed by atoms with Crippen LogP contribution < -0.4 is 5.73 Å². The zero-order valence-electron chi connectivity index (χ0n) is 9.18. The Morgan fingerprint density at radius 1 is 1.67 bits per heavy atom. The Bertz CT molecular complexity index is 272. The molecule has 85 valence electrons. The number of aliphatic hydroxyl groups is 1. The van der Waals surface area contributed by atoms with Gasteiger partial charge in [0.25, 0.3) is 0 Å². The van der Waals surface area contributed by atoms with Crippen molar-refractivity contribution in [3.05, 3.63) is 18.5 Å². The highest BCUT2D eigenvalue weighted by Crippen LogP contribution is 2.12. The summed E-state index contributed by atoms with van der Waals surface area (Å²) in [6, 6.07) is 1.74. The molecule has 0 aliphatic heterocycles. The first-order chi connectivity index (χ1) is 7.03. The molecular weight excluding hydrogens is 194 g/mol. The van der Waals surface area contributed by atoms with Gasteiger partial charge in [0, 0.05) is 12.7 Å². The monoisotopic (exact) mass is 212 g/mol. The van der Waals surface area contributed by atoms with Gasteiger partial charge in [0.15, 0.2) is 0 Å². The summed E-state index contributed by atoms with van der Waals surface area (Å²) in [5.41, 5.74) is 4.91. The third-order valence-corrected chi connectivity index (χ3v) is 1.99. The zero-order valence-corrected chi connectivity index (χ0v) is 9.18. The Kier molecular flexibility index (Phi) is 4.26. The van der Waals surface area contributed by atoms with Gasteiger partial charge < -0.3 is 15.6 Å². The first-order valence-corrected chi connectivity index (χ1v) is 4.95. The number of hydrogen-bond acceptors (Lipinski definition) is 4. The molecule has 15 heavy (non-hydrogen) atoms. The van der Waals surface area contributed by atoms with Crippen LogP contribution in [0.25, 0.3) is 0 Å². The Morgan fingerprint density at radius 3 is 2.93 bits per heavy atom. The molecule has 1 heterocycles. The lowest BCUT2D eigenvalue weighted by molar-refractivity contribution is -0.0668. The average Bonchev–Trinajstić information content (AvgIpc) is 2.66. The van der Waals surface area contributed by atoms with Crippen LogP contribution in [0.4, 0.5) is 0 Å². The molecule has 0 saturated heterocycles. The van der Waals surface area contributed by atoms with Crippen molar-refractivity contribution in [3.8, 4) is 0 Å². The van der Waals surface area contributed by atoms with Gasteiger partial charge in [-0.05, 0) is 19.9 Å². The van der Waals surface area contributed by atoms with E-state index in [4.69, 9.17) is 10.5 Å². The number of aliphatic hydroxyl groups excluding tert-OH is 1. The summed E-state index contributed by atoms with van der Waals surface area (Å²) in [5, 5.41) is 13.2. The van der Waals surface area contributed by atoms with E-state index in [1.54, 1.807) is 10.7 Å². The van der Waals surface area contributed by atoms with E-state index in [1.165, 1.54) is 0 Å². The number of hydrogen-bond donors (Lipinski definition) is 2. The van der Waals surface area contributed by atoms with Gasteiger partial charge in [0.2, 0.25) is 0 Å². The van der Waals surface area contributed by atoms with Crippen LogP contribution >= 0.6 is 0 Å². The predicted molar refractivity (Wildman–Crippen MR) is 56.2 cm³/mol. The Morgan fingerprint density at radius 2 is 2.40 bits per heavy atom. The predicted octanol–water partition coefficient (Wildman–Crippen LogP) is -0.202.